The Morgan fingerprint density at radius 3 is 1.17 bits per heavy atom. The lowest BCUT2D eigenvalue weighted by Gasteiger charge is -2.34. The van der Waals surface area contributed by atoms with Crippen molar-refractivity contribution >= 4 is 22.7 Å². The molecule has 2 unspecified atom stereocenters. The Kier molecular flexibility index (Phi) is 8.46. The molecule has 0 saturated heterocycles. The molecular weight excluding hydrogens is 512 g/mol. The number of benzene rings is 4. The van der Waals surface area contributed by atoms with Crippen molar-refractivity contribution < 1.29 is 0 Å². The summed E-state index contributed by atoms with van der Waals surface area (Å²) in [5.74, 6) is 0.530. The highest BCUT2D eigenvalue weighted by atomic mass is 15.2. The lowest BCUT2D eigenvalue weighted by atomic mass is 9.83. The second-order valence-electron chi connectivity index (χ2n) is 10.8. The Labute approximate surface area is 249 Å². The molecule has 0 fully saturated rings. The van der Waals surface area contributed by atoms with Crippen LogP contribution in [-0.2, 0) is 12.8 Å². The maximum absolute atomic E-state index is 5.79. The Morgan fingerprint density at radius 2 is 0.810 bits per heavy atom. The van der Waals surface area contributed by atoms with Crippen LogP contribution in [0.25, 0.3) is 0 Å². The van der Waals surface area contributed by atoms with E-state index in [1.807, 2.05) is 0 Å². The van der Waals surface area contributed by atoms with Crippen LogP contribution in [0.3, 0.4) is 0 Å². The summed E-state index contributed by atoms with van der Waals surface area (Å²) in [4.78, 5) is 4.68. The minimum absolute atomic E-state index is 0.265. The molecule has 42 heavy (non-hydrogen) atoms. The summed E-state index contributed by atoms with van der Waals surface area (Å²) in [6.07, 6.45) is 15.8. The first-order valence-electron chi connectivity index (χ1n) is 14.8. The normalized spacial score (nSPS) is 17.3. The summed E-state index contributed by atoms with van der Waals surface area (Å²) in [5, 5.41) is 0. The van der Waals surface area contributed by atoms with Gasteiger partial charge in [-0.05, 0) is 97.7 Å². The van der Waals surface area contributed by atoms with E-state index in [9.17, 15) is 0 Å². The molecule has 0 radical (unpaired) electrons. The zero-order chi connectivity index (χ0) is 28.7. The molecule has 2 aliphatic rings. The van der Waals surface area contributed by atoms with E-state index in [-0.39, 0.29) is 11.8 Å². The number of rotatable bonds is 10. The van der Waals surface area contributed by atoms with Crippen LogP contribution in [0.4, 0.5) is 22.7 Å². The minimum Gasteiger partial charge on any atom is -0.330 e. The maximum Gasteiger partial charge on any atom is 0.0461 e. The van der Waals surface area contributed by atoms with Crippen molar-refractivity contribution in [3.05, 3.63) is 168 Å². The fourth-order valence-electron chi connectivity index (χ4n) is 5.82. The van der Waals surface area contributed by atoms with Crippen LogP contribution in [0, 0.1) is 11.8 Å². The molecule has 0 aliphatic heterocycles. The van der Waals surface area contributed by atoms with Gasteiger partial charge in [-0.2, -0.15) is 0 Å². The topological polar surface area (TPSA) is 58.5 Å². The molecule has 0 bridgehead atoms. The van der Waals surface area contributed by atoms with Gasteiger partial charge in [-0.15, -0.1) is 0 Å². The van der Waals surface area contributed by atoms with Gasteiger partial charge in [0.2, 0.25) is 0 Å². The predicted octanol–water partition coefficient (Wildman–Crippen LogP) is 7.81. The van der Waals surface area contributed by atoms with Gasteiger partial charge in [-0.3, -0.25) is 0 Å². The number of allylic oxidation sites excluding steroid dienone is 6. The molecule has 0 heterocycles. The van der Waals surface area contributed by atoms with Crippen molar-refractivity contribution in [3.63, 3.8) is 0 Å². The molecule has 4 aromatic carbocycles. The average molecular weight is 551 g/mol. The number of hydrogen-bond donors (Lipinski definition) is 2. The van der Waals surface area contributed by atoms with Gasteiger partial charge in [0.1, 0.15) is 0 Å². The van der Waals surface area contributed by atoms with Crippen LogP contribution in [0.1, 0.15) is 11.1 Å². The molecule has 4 aromatic rings. The first-order valence-corrected chi connectivity index (χ1v) is 14.8. The third-order valence-corrected chi connectivity index (χ3v) is 7.95. The van der Waals surface area contributed by atoms with Crippen molar-refractivity contribution in [2.45, 2.75) is 12.8 Å². The van der Waals surface area contributed by atoms with Crippen LogP contribution in [0.15, 0.2) is 157 Å². The summed E-state index contributed by atoms with van der Waals surface area (Å²) in [6.45, 7) is 1.31. The average Bonchev–Trinajstić information content (AvgIpc) is 3.04. The highest BCUT2D eigenvalue weighted by Crippen LogP contribution is 2.39. The van der Waals surface area contributed by atoms with Crippen molar-refractivity contribution in [1.29, 1.82) is 0 Å². The second-order valence-corrected chi connectivity index (χ2v) is 10.8. The van der Waals surface area contributed by atoms with Crippen molar-refractivity contribution in [3.8, 4) is 0 Å². The highest BCUT2D eigenvalue weighted by molar-refractivity contribution is 5.73. The first kappa shape index (κ1) is 27.5. The summed E-state index contributed by atoms with van der Waals surface area (Å²) in [6, 6.07) is 38.7. The molecular formula is C38H38N4. The standard InChI is InChI=1S/C38H38N4/c39-25-23-29-11-17-35(18-12-29)41(33-7-3-1-4-8-33)37-21-15-32-28-38(22-16-31(32)27-37)42(34-9-5-2-6-10-34)36-19-13-30(14-20-36)24-26-40/h1-22,27-28,31-32H,23-26,39-40H2. The van der Waals surface area contributed by atoms with E-state index in [0.29, 0.717) is 13.1 Å². The third kappa shape index (κ3) is 6.01. The lowest BCUT2D eigenvalue weighted by Crippen LogP contribution is -2.24. The van der Waals surface area contributed by atoms with E-state index in [4.69, 9.17) is 11.5 Å². The number of nitrogens with two attached hydrogens (primary N) is 2. The van der Waals surface area contributed by atoms with Gasteiger partial charge < -0.3 is 21.3 Å². The molecule has 0 saturated carbocycles. The number of anilines is 4. The van der Waals surface area contributed by atoms with E-state index in [1.54, 1.807) is 0 Å². The molecule has 0 amide bonds. The summed E-state index contributed by atoms with van der Waals surface area (Å²) >= 11 is 0. The lowest BCUT2D eigenvalue weighted by molar-refractivity contribution is 0.645. The molecule has 4 heteroatoms. The van der Waals surface area contributed by atoms with E-state index >= 15 is 0 Å². The van der Waals surface area contributed by atoms with Gasteiger partial charge in [0.25, 0.3) is 0 Å². The number of para-hydroxylation sites is 2. The van der Waals surface area contributed by atoms with Gasteiger partial charge in [-0.1, -0.05) is 85.0 Å². The van der Waals surface area contributed by atoms with Crippen LogP contribution < -0.4 is 21.3 Å². The Balaban J connectivity index is 1.31. The zero-order valence-corrected chi connectivity index (χ0v) is 23.9. The fourth-order valence-corrected chi connectivity index (χ4v) is 5.82. The SMILES string of the molecule is NCCc1ccc(N(C2=CC3C=CC(N(c4ccccc4)c4ccc(CCN)cc4)=CC3C=C2)c2ccccc2)cc1. The number of fused-ring (bicyclic) bond motifs is 1. The zero-order valence-electron chi connectivity index (χ0n) is 23.9. The van der Waals surface area contributed by atoms with E-state index in [2.05, 4.69) is 155 Å². The monoisotopic (exact) mass is 550 g/mol. The Hall–Kier alpha value is -4.64. The first-order chi connectivity index (χ1) is 20.7. The van der Waals surface area contributed by atoms with Crippen molar-refractivity contribution in [2.75, 3.05) is 22.9 Å². The molecule has 0 aromatic heterocycles. The predicted molar refractivity (Wildman–Crippen MR) is 177 cm³/mol. The van der Waals surface area contributed by atoms with E-state index in [0.717, 1.165) is 35.6 Å². The minimum atomic E-state index is 0.265. The molecule has 210 valence electrons. The van der Waals surface area contributed by atoms with Gasteiger partial charge in [0.05, 0.1) is 0 Å². The van der Waals surface area contributed by atoms with Crippen molar-refractivity contribution in [1.82, 2.24) is 0 Å². The van der Waals surface area contributed by atoms with Crippen LogP contribution in [0.2, 0.25) is 0 Å². The molecule has 4 nitrogen and oxygen atoms in total. The van der Waals surface area contributed by atoms with Crippen LogP contribution in [0.5, 0.6) is 0 Å². The fraction of sp³-hybridized carbons (Fsp3) is 0.158. The number of hydrogen-bond acceptors (Lipinski definition) is 4. The van der Waals surface area contributed by atoms with Crippen LogP contribution in [-0.4, -0.2) is 13.1 Å². The quantitative estimate of drug-likeness (QED) is 0.211. The molecule has 0 spiro atoms. The third-order valence-electron chi connectivity index (χ3n) is 7.95. The molecule has 2 atom stereocenters. The highest BCUT2D eigenvalue weighted by Gasteiger charge is 2.26. The Morgan fingerprint density at radius 1 is 0.452 bits per heavy atom. The summed E-state index contributed by atoms with van der Waals surface area (Å²) < 4.78 is 0. The maximum atomic E-state index is 5.79. The largest absolute Gasteiger partial charge is 0.330 e. The van der Waals surface area contributed by atoms with Gasteiger partial charge >= 0.3 is 0 Å². The van der Waals surface area contributed by atoms with Gasteiger partial charge in [0, 0.05) is 46.0 Å². The van der Waals surface area contributed by atoms with E-state index < -0.39 is 0 Å². The molecule has 6 rings (SSSR count). The van der Waals surface area contributed by atoms with E-state index in [1.165, 1.54) is 22.5 Å². The second kappa shape index (κ2) is 12.9. The van der Waals surface area contributed by atoms with Gasteiger partial charge in [0.15, 0.2) is 0 Å². The number of nitrogens with zero attached hydrogens (tertiary/aromatic N) is 2. The summed E-state index contributed by atoms with van der Waals surface area (Å²) in [5.41, 5.74) is 21.0. The summed E-state index contributed by atoms with van der Waals surface area (Å²) in [7, 11) is 0. The molecule has 4 N–H and O–H groups in total. The van der Waals surface area contributed by atoms with Crippen molar-refractivity contribution in [2.24, 2.45) is 23.3 Å². The van der Waals surface area contributed by atoms with Gasteiger partial charge in [-0.25, -0.2) is 0 Å². The molecule has 2 aliphatic carbocycles. The Bertz CT molecular complexity index is 1460. The smallest absolute Gasteiger partial charge is 0.0461 e. The van der Waals surface area contributed by atoms with Crippen LogP contribution >= 0.6 is 0 Å².